The molecule has 2 aromatic rings. The molecule has 1 aromatic heterocycles. The highest BCUT2D eigenvalue weighted by molar-refractivity contribution is 5.92. The van der Waals surface area contributed by atoms with Gasteiger partial charge in [-0.15, -0.1) is 0 Å². The third-order valence-corrected chi connectivity index (χ3v) is 3.13. The number of urea groups is 1. The second-order valence-electron chi connectivity index (χ2n) is 4.57. The van der Waals surface area contributed by atoms with Crippen LogP contribution in [0.1, 0.15) is 6.42 Å². The molecule has 1 aromatic carbocycles. The first kappa shape index (κ1) is 11.9. The van der Waals surface area contributed by atoms with Gasteiger partial charge in [-0.25, -0.2) is 4.79 Å². The molecule has 98 valence electrons. The SMILES string of the molecule is O=C(Nc1ccc2ncccc2c1)NC1CCOC1. The van der Waals surface area contributed by atoms with E-state index in [-0.39, 0.29) is 12.1 Å². The molecule has 0 radical (unpaired) electrons. The minimum absolute atomic E-state index is 0.113. The van der Waals surface area contributed by atoms with Crippen molar-refractivity contribution in [1.29, 1.82) is 0 Å². The van der Waals surface area contributed by atoms with E-state index in [1.165, 1.54) is 0 Å². The minimum atomic E-state index is -0.196. The Labute approximate surface area is 111 Å². The predicted octanol–water partition coefficient (Wildman–Crippen LogP) is 2.15. The predicted molar refractivity (Wildman–Crippen MR) is 73.1 cm³/mol. The summed E-state index contributed by atoms with van der Waals surface area (Å²) in [6.45, 7) is 1.31. The normalized spacial score (nSPS) is 18.4. The van der Waals surface area contributed by atoms with Crippen molar-refractivity contribution in [1.82, 2.24) is 10.3 Å². The maximum atomic E-state index is 11.8. The van der Waals surface area contributed by atoms with E-state index < -0.39 is 0 Å². The van der Waals surface area contributed by atoms with Crippen LogP contribution in [0.3, 0.4) is 0 Å². The summed E-state index contributed by atoms with van der Waals surface area (Å²) in [5.74, 6) is 0. The number of carbonyl (C=O) groups excluding carboxylic acids is 1. The van der Waals surface area contributed by atoms with Crippen molar-refractivity contribution >= 4 is 22.6 Å². The number of ether oxygens (including phenoxy) is 1. The van der Waals surface area contributed by atoms with E-state index >= 15 is 0 Å². The molecular formula is C14H15N3O2. The monoisotopic (exact) mass is 257 g/mol. The van der Waals surface area contributed by atoms with Crippen molar-refractivity contribution in [3.05, 3.63) is 36.5 Å². The van der Waals surface area contributed by atoms with E-state index in [1.54, 1.807) is 6.20 Å². The largest absolute Gasteiger partial charge is 0.379 e. The minimum Gasteiger partial charge on any atom is -0.379 e. The highest BCUT2D eigenvalue weighted by Gasteiger charge is 2.17. The van der Waals surface area contributed by atoms with Crippen molar-refractivity contribution in [3.8, 4) is 0 Å². The van der Waals surface area contributed by atoms with Crippen LogP contribution in [-0.4, -0.2) is 30.3 Å². The van der Waals surface area contributed by atoms with Gasteiger partial charge in [0.2, 0.25) is 0 Å². The number of amides is 2. The molecule has 3 rings (SSSR count). The summed E-state index contributed by atoms with van der Waals surface area (Å²) >= 11 is 0. The fourth-order valence-corrected chi connectivity index (χ4v) is 2.15. The van der Waals surface area contributed by atoms with Crippen LogP contribution in [0.25, 0.3) is 10.9 Å². The molecule has 0 spiro atoms. The van der Waals surface area contributed by atoms with Crippen molar-refractivity contribution < 1.29 is 9.53 Å². The van der Waals surface area contributed by atoms with E-state index in [0.29, 0.717) is 13.2 Å². The average molecular weight is 257 g/mol. The lowest BCUT2D eigenvalue weighted by atomic mass is 10.2. The van der Waals surface area contributed by atoms with Gasteiger partial charge in [-0.3, -0.25) is 4.98 Å². The van der Waals surface area contributed by atoms with Crippen LogP contribution >= 0.6 is 0 Å². The zero-order chi connectivity index (χ0) is 13.1. The van der Waals surface area contributed by atoms with Crippen molar-refractivity contribution in [2.75, 3.05) is 18.5 Å². The van der Waals surface area contributed by atoms with Crippen molar-refractivity contribution in [2.24, 2.45) is 0 Å². The topological polar surface area (TPSA) is 63.2 Å². The Morgan fingerprint density at radius 2 is 2.32 bits per heavy atom. The highest BCUT2D eigenvalue weighted by Crippen LogP contribution is 2.17. The number of nitrogens with one attached hydrogen (secondary N) is 2. The second-order valence-corrected chi connectivity index (χ2v) is 4.57. The van der Waals surface area contributed by atoms with E-state index in [4.69, 9.17) is 4.74 Å². The van der Waals surface area contributed by atoms with Crippen LogP contribution in [0, 0.1) is 0 Å². The summed E-state index contributed by atoms with van der Waals surface area (Å²) in [6, 6.07) is 9.41. The molecule has 19 heavy (non-hydrogen) atoms. The molecule has 1 fully saturated rings. The van der Waals surface area contributed by atoms with E-state index in [2.05, 4.69) is 15.6 Å². The Kier molecular flexibility index (Phi) is 3.29. The average Bonchev–Trinajstić information content (AvgIpc) is 2.91. The van der Waals surface area contributed by atoms with Gasteiger partial charge in [0, 0.05) is 23.9 Å². The molecule has 1 atom stereocenters. The van der Waals surface area contributed by atoms with Crippen LogP contribution in [0.5, 0.6) is 0 Å². The molecule has 1 saturated heterocycles. The standard InChI is InChI=1S/C14H15N3O2/c18-14(17-12-5-7-19-9-12)16-11-3-4-13-10(8-11)2-1-6-15-13/h1-4,6,8,12H,5,7,9H2,(H2,16,17,18). The van der Waals surface area contributed by atoms with Crippen LogP contribution in [-0.2, 0) is 4.74 Å². The third-order valence-electron chi connectivity index (χ3n) is 3.13. The first-order chi connectivity index (χ1) is 9.31. The molecule has 0 saturated carbocycles. The van der Waals surface area contributed by atoms with Crippen LogP contribution in [0.4, 0.5) is 10.5 Å². The summed E-state index contributed by atoms with van der Waals surface area (Å²) in [5.41, 5.74) is 1.68. The summed E-state index contributed by atoms with van der Waals surface area (Å²) in [7, 11) is 0. The summed E-state index contributed by atoms with van der Waals surface area (Å²) in [4.78, 5) is 16.1. The second kappa shape index (κ2) is 5.24. The maximum absolute atomic E-state index is 11.8. The van der Waals surface area contributed by atoms with Crippen LogP contribution < -0.4 is 10.6 Å². The third kappa shape index (κ3) is 2.82. The van der Waals surface area contributed by atoms with Crippen molar-refractivity contribution in [2.45, 2.75) is 12.5 Å². The van der Waals surface area contributed by atoms with Gasteiger partial charge in [0.25, 0.3) is 0 Å². The molecule has 5 nitrogen and oxygen atoms in total. The van der Waals surface area contributed by atoms with Gasteiger partial charge in [0.15, 0.2) is 0 Å². The number of fused-ring (bicyclic) bond motifs is 1. The summed E-state index contributed by atoms with van der Waals surface area (Å²) in [5, 5.41) is 6.72. The number of hydrogen-bond acceptors (Lipinski definition) is 3. The van der Waals surface area contributed by atoms with Gasteiger partial charge in [-0.1, -0.05) is 6.07 Å². The molecule has 2 heterocycles. The zero-order valence-corrected chi connectivity index (χ0v) is 10.4. The Morgan fingerprint density at radius 1 is 1.37 bits per heavy atom. The maximum Gasteiger partial charge on any atom is 0.319 e. The molecule has 2 N–H and O–H groups in total. The number of benzene rings is 1. The molecule has 2 amide bonds. The van der Waals surface area contributed by atoms with Crippen LogP contribution in [0.2, 0.25) is 0 Å². The number of rotatable bonds is 2. The first-order valence-electron chi connectivity index (χ1n) is 6.31. The zero-order valence-electron chi connectivity index (χ0n) is 10.4. The fourth-order valence-electron chi connectivity index (χ4n) is 2.15. The van der Waals surface area contributed by atoms with E-state index in [1.807, 2.05) is 30.3 Å². The molecule has 5 heteroatoms. The quantitative estimate of drug-likeness (QED) is 0.866. The Morgan fingerprint density at radius 3 is 3.16 bits per heavy atom. The number of aromatic nitrogens is 1. The van der Waals surface area contributed by atoms with Gasteiger partial charge in [0.05, 0.1) is 18.2 Å². The molecule has 0 aliphatic carbocycles. The van der Waals surface area contributed by atoms with Crippen LogP contribution in [0.15, 0.2) is 36.5 Å². The molecule has 1 aliphatic rings. The van der Waals surface area contributed by atoms with Gasteiger partial charge in [0.1, 0.15) is 0 Å². The van der Waals surface area contributed by atoms with Gasteiger partial charge < -0.3 is 15.4 Å². The lowest BCUT2D eigenvalue weighted by molar-refractivity contribution is 0.189. The van der Waals surface area contributed by atoms with E-state index in [0.717, 1.165) is 23.0 Å². The number of nitrogens with zero attached hydrogens (tertiary/aromatic N) is 1. The Balaban J connectivity index is 1.68. The highest BCUT2D eigenvalue weighted by atomic mass is 16.5. The Hall–Kier alpha value is -2.14. The van der Waals surface area contributed by atoms with Gasteiger partial charge in [-0.2, -0.15) is 0 Å². The molecule has 0 bridgehead atoms. The fraction of sp³-hybridized carbons (Fsp3) is 0.286. The molecule has 1 aliphatic heterocycles. The Bertz CT molecular complexity index is 594. The lowest BCUT2D eigenvalue weighted by Gasteiger charge is -2.12. The van der Waals surface area contributed by atoms with Crippen molar-refractivity contribution in [3.63, 3.8) is 0 Å². The number of hydrogen-bond donors (Lipinski definition) is 2. The van der Waals surface area contributed by atoms with Gasteiger partial charge in [-0.05, 0) is 30.7 Å². The lowest BCUT2D eigenvalue weighted by Crippen LogP contribution is -2.38. The first-order valence-corrected chi connectivity index (χ1v) is 6.31. The molecule has 1 unspecified atom stereocenters. The number of carbonyl (C=O) groups is 1. The summed E-state index contributed by atoms with van der Waals surface area (Å²) < 4.78 is 5.22. The van der Waals surface area contributed by atoms with Gasteiger partial charge >= 0.3 is 6.03 Å². The smallest absolute Gasteiger partial charge is 0.319 e. The molecular weight excluding hydrogens is 242 g/mol. The number of pyridine rings is 1. The van der Waals surface area contributed by atoms with E-state index in [9.17, 15) is 4.79 Å². The number of anilines is 1. The summed E-state index contributed by atoms with van der Waals surface area (Å²) in [6.07, 6.45) is 2.62.